The molecule has 1 aromatic carbocycles. The standard InChI is InChI=1S/C12H17F2NS/c1-12(2,16-3)8-15-7-9-6-10(13)4-5-11(9)14/h4-6,15H,7-8H2,1-3H3. The Hall–Kier alpha value is -0.610. The first-order chi connectivity index (χ1) is 7.44. The molecule has 0 fully saturated rings. The highest BCUT2D eigenvalue weighted by Crippen LogP contribution is 2.19. The van der Waals surface area contributed by atoms with Crippen molar-refractivity contribution in [3.05, 3.63) is 35.4 Å². The van der Waals surface area contributed by atoms with E-state index in [1.165, 1.54) is 6.07 Å². The van der Waals surface area contributed by atoms with Crippen molar-refractivity contribution in [1.82, 2.24) is 5.32 Å². The normalized spacial score (nSPS) is 11.8. The molecule has 16 heavy (non-hydrogen) atoms. The van der Waals surface area contributed by atoms with Gasteiger partial charge < -0.3 is 5.32 Å². The molecule has 0 saturated carbocycles. The summed E-state index contributed by atoms with van der Waals surface area (Å²) in [5, 5.41) is 3.13. The predicted octanol–water partition coefficient (Wildman–Crippen LogP) is 3.20. The highest BCUT2D eigenvalue weighted by molar-refractivity contribution is 7.99. The lowest BCUT2D eigenvalue weighted by Crippen LogP contribution is -2.31. The number of nitrogens with one attached hydrogen (secondary N) is 1. The van der Waals surface area contributed by atoms with E-state index in [9.17, 15) is 8.78 Å². The second kappa shape index (κ2) is 5.64. The van der Waals surface area contributed by atoms with Gasteiger partial charge in [0.15, 0.2) is 0 Å². The van der Waals surface area contributed by atoms with Crippen molar-refractivity contribution in [2.45, 2.75) is 25.1 Å². The van der Waals surface area contributed by atoms with Crippen molar-refractivity contribution < 1.29 is 8.78 Å². The highest BCUT2D eigenvalue weighted by atomic mass is 32.2. The molecule has 1 aromatic rings. The molecule has 0 aromatic heterocycles. The number of rotatable bonds is 5. The summed E-state index contributed by atoms with van der Waals surface area (Å²) >= 11 is 1.74. The van der Waals surface area contributed by atoms with E-state index in [-0.39, 0.29) is 10.6 Å². The van der Waals surface area contributed by atoms with E-state index in [0.717, 1.165) is 18.7 Å². The van der Waals surface area contributed by atoms with E-state index in [1.807, 2.05) is 6.26 Å². The molecule has 0 aliphatic rings. The Morgan fingerprint density at radius 3 is 2.62 bits per heavy atom. The van der Waals surface area contributed by atoms with E-state index in [4.69, 9.17) is 0 Å². The minimum absolute atomic E-state index is 0.101. The second-order valence-corrected chi connectivity index (χ2v) is 5.82. The average Bonchev–Trinajstić information content (AvgIpc) is 2.23. The minimum atomic E-state index is -0.401. The Morgan fingerprint density at radius 1 is 1.31 bits per heavy atom. The first-order valence-electron chi connectivity index (χ1n) is 5.14. The van der Waals surface area contributed by atoms with Crippen LogP contribution in [0.4, 0.5) is 8.78 Å². The molecule has 1 nitrogen and oxygen atoms in total. The van der Waals surface area contributed by atoms with E-state index in [0.29, 0.717) is 12.1 Å². The van der Waals surface area contributed by atoms with Crippen LogP contribution in [-0.2, 0) is 6.54 Å². The van der Waals surface area contributed by atoms with Crippen LogP contribution in [0, 0.1) is 11.6 Å². The van der Waals surface area contributed by atoms with Crippen LogP contribution in [0.3, 0.4) is 0 Å². The molecular weight excluding hydrogens is 228 g/mol. The van der Waals surface area contributed by atoms with Gasteiger partial charge >= 0.3 is 0 Å². The third-order valence-corrected chi connectivity index (χ3v) is 3.68. The van der Waals surface area contributed by atoms with Crippen LogP contribution in [0.5, 0.6) is 0 Å². The van der Waals surface area contributed by atoms with Crippen LogP contribution >= 0.6 is 11.8 Å². The average molecular weight is 245 g/mol. The van der Waals surface area contributed by atoms with Gasteiger partial charge in [-0.15, -0.1) is 0 Å². The lowest BCUT2D eigenvalue weighted by Gasteiger charge is -2.22. The summed E-state index contributed by atoms with van der Waals surface area (Å²) in [6, 6.07) is 3.52. The zero-order chi connectivity index (χ0) is 12.2. The molecule has 0 atom stereocenters. The van der Waals surface area contributed by atoms with E-state index in [1.54, 1.807) is 11.8 Å². The number of hydrogen-bond acceptors (Lipinski definition) is 2. The molecule has 90 valence electrons. The van der Waals surface area contributed by atoms with Crippen molar-refractivity contribution in [2.24, 2.45) is 0 Å². The zero-order valence-electron chi connectivity index (χ0n) is 9.81. The van der Waals surface area contributed by atoms with Gasteiger partial charge in [0, 0.05) is 23.4 Å². The number of thioether (sulfide) groups is 1. The Bertz CT molecular complexity index is 353. The van der Waals surface area contributed by atoms with E-state index < -0.39 is 5.82 Å². The molecule has 0 heterocycles. The molecule has 0 saturated heterocycles. The topological polar surface area (TPSA) is 12.0 Å². The summed E-state index contributed by atoms with van der Waals surface area (Å²) in [4.78, 5) is 0. The summed E-state index contributed by atoms with van der Waals surface area (Å²) in [7, 11) is 0. The van der Waals surface area contributed by atoms with Gasteiger partial charge in [-0.2, -0.15) is 11.8 Å². The first-order valence-corrected chi connectivity index (χ1v) is 6.37. The largest absolute Gasteiger partial charge is 0.311 e. The Balaban J connectivity index is 2.52. The number of hydrogen-bond donors (Lipinski definition) is 1. The van der Waals surface area contributed by atoms with Crippen LogP contribution in [0.1, 0.15) is 19.4 Å². The Kier molecular flexibility index (Phi) is 4.74. The van der Waals surface area contributed by atoms with Gasteiger partial charge in [0.25, 0.3) is 0 Å². The Morgan fingerprint density at radius 2 is 2.00 bits per heavy atom. The maximum absolute atomic E-state index is 13.3. The summed E-state index contributed by atoms with van der Waals surface area (Å²) in [5.74, 6) is -0.766. The van der Waals surface area contributed by atoms with Crippen molar-refractivity contribution in [3.63, 3.8) is 0 Å². The molecular formula is C12H17F2NS. The maximum atomic E-state index is 13.3. The summed E-state index contributed by atoms with van der Waals surface area (Å²) in [6.07, 6.45) is 2.03. The third kappa shape index (κ3) is 4.10. The molecule has 0 radical (unpaired) electrons. The highest BCUT2D eigenvalue weighted by Gasteiger charge is 2.15. The first kappa shape index (κ1) is 13.5. The number of halogens is 2. The quantitative estimate of drug-likeness (QED) is 0.855. The van der Waals surface area contributed by atoms with Gasteiger partial charge in [0.1, 0.15) is 11.6 Å². The van der Waals surface area contributed by atoms with Crippen LogP contribution in [0.15, 0.2) is 18.2 Å². The minimum Gasteiger partial charge on any atom is -0.311 e. The molecule has 0 aliphatic heterocycles. The third-order valence-electron chi connectivity index (χ3n) is 2.43. The molecule has 4 heteroatoms. The Labute approximate surface area is 99.6 Å². The second-order valence-electron chi connectivity index (χ2n) is 4.30. The summed E-state index contributed by atoms with van der Waals surface area (Å²) in [6.45, 7) is 5.32. The molecule has 1 N–H and O–H groups in total. The van der Waals surface area contributed by atoms with Gasteiger partial charge in [0.05, 0.1) is 0 Å². The van der Waals surface area contributed by atoms with Gasteiger partial charge in [-0.1, -0.05) is 0 Å². The van der Waals surface area contributed by atoms with Crippen LogP contribution in [0.25, 0.3) is 0 Å². The van der Waals surface area contributed by atoms with Crippen LogP contribution in [-0.4, -0.2) is 17.5 Å². The van der Waals surface area contributed by atoms with E-state index >= 15 is 0 Å². The van der Waals surface area contributed by atoms with Gasteiger partial charge in [-0.25, -0.2) is 8.78 Å². The lowest BCUT2D eigenvalue weighted by molar-refractivity contribution is 0.549. The van der Waals surface area contributed by atoms with Crippen molar-refractivity contribution in [2.75, 3.05) is 12.8 Å². The lowest BCUT2D eigenvalue weighted by atomic mass is 10.1. The molecule has 0 spiro atoms. The predicted molar refractivity (Wildman–Crippen MR) is 65.7 cm³/mol. The smallest absolute Gasteiger partial charge is 0.127 e. The molecule has 1 rings (SSSR count). The van der Waals surface area contributed by atoms with Crippen molar-refractivity contribution in [3.8, 4) is 0 Å². The van der Waals surface area contributed by atoms with Gasteiger partial charge in [0.2, 0.25) is 0 Å². The molecule has 0 bridgehead atoms. The van der Waals surface area contributed by atoms with Gasteiger partial charge in [-0.05, 0) is 38.3 Å². The monoisotopic (exact) mass is 245 g/mol. The number of benzene rings is 1. The summed E-state index contributed by atoms with van der Waals surface area (Å²) < 4.78 is 26.2. The molecule has 0 aliphatic carbocycles. The van der Waals surface area contributed by atoms with Crippen molar-refractivity contribution in [1.29, 1.82) is 0 Å². The van der Waals surface area contributed by atoms with E-state index in [2.05, 4.69) is 19.2 Å². The fourth-order valence-corrected chi connectivity index (χ4v) is 1.50. The van der Waals surface area contributed by atoms with Gasteiger partial charge in [-0.3, -0.25) is 0 Å². The fraction of sp³-hybridized carbons (Fsp3) is 0.500. The molecule has 0 amide bonds. The van der Waals surface area contributed by atoms with Crippen molar-refractivity contribution >= 4 is 11.8 Å². The maximum Gasteiger partial charge on any atom is 0.127 e. The van der Waals surface area contributed by atoms with Crippen LogP contribution < -0.4 is 5.32 Å². The molecule has 0 unspecified atom stereocenters. The zero-order valence-corrected chi connectivity index (χ0v) is 10.6. The van der Waals surface area contributed by atoms with Crippen LogP contribution in [0.2, 0.25) is 0 Å². The SMILES string of the molecule is CSC(C)(C)CNCc1cc(F)ccc1F. The summed E-state index contributed by atoms with van der Waals surface area (Å²) in [5.41, 5.74) is 0.372. The fourth-order valence-electron chi connectivity index (χ4n) is 1.25.